The number of nitrogens with two attached hydrogens (primary N) is 1. The van der Waals surface area contributed by atoms with E-state index < -0.39 is 6.43 Å². The Bertz CT molecular complexity index is 242. The molecule has 60 valence electrons. The molecule has 0 spiro atoms. The minimum Gasteiger partial charge on any atom is -0.368 e. The molecule has 11 heavy (non-hydrogen) atoms. The van der Waals surface area contributed by atoms with E-state index in [9.17, 15) is 8.78 Å². The van der Waals surface area contributed by atoms with Gasteiger partial charge in [0.1, 0.15) is 5.69 Å². The Hall–Kier alpha value is -1.26. The standard InChI is InChI=1S/C6H7F2N3/c1-3-2-4(5(7)8)11-6(9)10-3/h2,5H,1H3,(H2,9,10,11). The molecule has 0 amide bonds. The van der Waals surface area contributed by atoms with Crippen molar-refractivity contribution in [3.05, 3.63) is 17.5 Å². The maximum absolute atomic E-state index is 12.0. The lowest BCUT2D eigenvalue weighted by Crippen LogP contribution is -2.00. The summed E-state index contributed by atoms with van der Waals surface area (Å²) < 4.78 is 24.0. The molecule has 0 atom stereocenters. The SMILES string of the molecule is Cc1cc(C(F)F)nc(N)n1. The number of aryl methyl sites for hydroxylation is 1. The second kappa shape index (κ2) is 2.77. The minimum absolute atomic E-state index is 0.111. The van der Waals surface area contributed by atoms with E-state index in [0.717, 1.165) is 0 Å². The van der Waals surface area contributed by atoms with Gasteiger partial charge in [-0.15, -0.1) is 0 Å². The summed E-state index contributed by atoms with van der Waals surface area (Å²) in [4.78, 5) is 7.00. The molecule has 0 saturated heterocycles. The first kappa shape index (κ1) is 7.84. The van der Waals surface area contributed by atoms with Crippen LogP contribution in [0.15, 0.2) is 6.07 Å². The zero-order chi connectivity index (χ0) is 8.43. The van der Waals surface area contributed by atoms with Crippen LogP contribution in [0.25, 0.3) is 0 Å². The Morgan fingerprint density at radius 1 is 1.45 bits per heavy atom. The van der Waals surface area contributed by atoms with E-state index in [1.165, 1.54) is 6.07 Å². The first-order chi connectivity index (χ1) is 5.09. The van der Waals surface area contributed by atoms with Crippen LogP contribution in [0.5, 0.6) is 0 Å². The number of rotatable bonds is 1. The molecule has 0 bridgehead atoms. The maximum Gasteiger partial charge on any atom is 0.280 e. The second-order valence-electron chi connectivity index (χ2n) is 2.09. The van der Waals surface area contributed by atoms with Crippen LogP contribution in [0.2, 0.25) is 0 Å². The number of anilines is 1. The Balaban J connectivity index is 3.08. The van der Waals surface area contributed by atoms with Crippen LogP contribution >= 0.6 is 0 Å². The van der Waals surface area contributed by atoms with Gasteiger partial charge in [0.15, 0.2) is 0 Å². The van der Waals surface area contributed by atoms with Gasteiger partial charge >= 0.3 is 0 Å². The van der Waals surface area contributed by atoms with Crippen LogP contribution in [0, 0.1) is 6.92 Å². The molecule has 1 rings (SSSR count). The average molecular weight is 159 g/mol. The fourth-order valence-corrected chi connectivity index (χ4v) is 0.728. The molecule has 0 radical (unpaired) electrons. The van der Waals surface area contributed by atoms with Crippen molar-refractivity contribution in [3.63, 3.8) is 0 Å². The molecule has 5 heteroatoms. The third-order valence-electron chi connectivity index (χ3n) is 1.11. The van der Waals surface area contributed by atoms with Crippen molar-refractivity contribution in [3.8, 4) is 0 Å². The van der Waals surface area contributed by atoms with E-state index in [0.29, 0.717) is 5.69 Å². The second-order valence-corrected chi connectivity index (χ2v) is 2.09. The van der Waals surface area contributed by atoms with E-state index in [4.69, 9.17) is 5.73 Å². The highest BCUT2D eigenvalue weighted by Gasteiger charge is 2.09. The molecule has 1 aromatic rings. The van der Waals surface area contributed by atoms with Gasteiger partial charge in [-0.2, -0.15) is 0 Å². The Morgan fingerprint density at radius 3 is 2.55 bits per heavy atom. The van der Waals surface area contributed by atoms with Gasteiger partial charge in [0.25, 0.3) is 6.43 Å². The summed E-state index contributed by atoms with van der Waals surface area (Å²) in [6, 6.07) is 1.21. The van der Waals surface area contributed by atoms with Crippen molar-refractivity contribution >= 4 is 5.95 Å². The summed E-state index contributed by atoms with van der Waals surface area (Å²) in [6.45, 7) is 1.59. The topological polar surface area (TPSA) is 51.8 Å². The molecule has 0 saturated carbocycles. The highest BCUT2D eigenvalue weighted by Crippen LogP contribution is 2.16. The third-order valence-corrected chi connectivity index (χ3v) is 1.11. The Labute approximate surface area is 62.3 Å². The van der Waals surface area contributed by atoms with Crippen LogP contribution < -0.4 is 5.73 Å². The summed E-state index contributed by atoms with van der Waals surface area (Å²) in [5, 5.41) is 0. The maximum atomic E-state index is 12.0. The van der Waals surface area contributed by atoms with Gasteiger partial charge in [-0.3, -0.25) is 0 Å². The Kier molecular flexibility index (Phi) is 1.98. The zero-order valence-electron chi connectivity index (χ0n) is 5.88. The van der Waals surface area contributed by atoms with Gasteiger partial charge in [0.05, 0.1) is 0 Å². The summed E-state index contributed by atoms with van der Waals surface area (Å²) in [5.74, 6) is -0.111. The number of alkyl halides is 2. The first-order valence-electron chi connectivity index (χ1n) is 2.99. The van der Waals surface area contributed by atoms with Crippen LogP contribution in [0.1, 0.15) is 17.8 Å². The van der Waals surface area contributed by atoms with Gasteiger partial charge in [-0.1, -0.05) is 0 Å². The van der Waals surface area contributed by atoms with E-state index in [1.807, 2.05) is 0 Å². The van der Waals surface area contributed by atoms with E-state index in [2.05, 4.69) is 9.97 Å². The number of hydrogen-bond donors (Lipinski definition) is 1. The summed E-state index contributed by atoms with van der Waals surface area (Å²) in [5.41, 5.74) is 5.27. The molecule has 2 N–H and O–H groups in total. The fraction of sp³-hybridized carbons (Fsp3) is 0.333. The summed E-state index contributed by atoms with van der Waals surface area (Å²) in [6.07, 6.45) is -2.58. The predicted molar refractivity (Wildman–Crippen MR) is 36.1 cm³/mol. The quantitative estimate of drug-likeness (QED) is 0.672. The monoisotopic (exact) mass is 159 g/mol. The molecule has 0 unspecified atom stereocenters. The lowest BCUT2D eigenvalue weighted by molar-refractivity contribution is 0.146. The molecule has 3 nitrogen and oxygen atoms in total. The molecule has 0 fully saturated rings. The zero-order valence-corrected chi connectivity index (χ0v) is 5.88. The average Bonchev–Trinajstić information content (AvgIpc) is 1.85. The molecule has 1 heterocycles. The Morgan fingerprint density at radius 2 is 2.09 bits per heavy atom. The van der Waals surface area contributed by atoms with Gasteiger partial charge in [0.2, 0.25) is 5.95 Å². The predicted octanol–water partition coefficient (Wildman–Crippen LogP) is 1.30. The molecule has 0 aliphatic rings. The first-order valence-corrected chi connectivity index (χ1v) is 2.99. The number of nitrogens with zero attached hydrogens (tertiary/aromatic N) is 2. The van der Waals surface area contributed by atoms with Crippen molar-refractivity contribution < 1.29 is 8.78 Å². The molecule has 0 aliphatic heterocycles. The smallest absolute Gasteiger partial charge is 0.280 e. The highest BCUT2D eigenvalue weighted by atomic mass is 19.3. The summed E-state index contributed by atoms with van der Waals surface area (Å²) in [7, 11) is 0. The van der Waals surface area contributed by atoms with E-state index in [-0.39, 0.29) is 11.6 Å². The molecular formula is C6H7F2N3. The van der Waals surface area contributed by atoms with Crippen molar-refractivity contribution in [1.82, 2.24) is 9.97 Å². The van der Waals surface area contributed by atoms with Gasteiger partial charge in [-0.05, 0) is 13.0 Å². The van der Waals surface area contributed by atoms with Gasteiger partial charge in [-0.25, -0.2) is 18.7 Å². The highest BCUT2D eigenvalue weighted by molar-refractivity contribution is 5.22. The van der Waals surface area contributed by atoms with Crippen LogP contribution in [-0.2, 0) is 0 Å². The normalized spacial score (nSPS) is 10.5. The largest absolute Gasteiger partial charge is 0.368 e. The summed E-state index contributed by atoms with van der Waals surface area (Å²) >= 11 is 0. The molecule has 0 aromatic carbocycles. The van der Waals surface area contributed by atoms with Gasteiger partial charge in [0, 0.05) is 5.69 Å². The lowest BCUT2D eigenvalue weighted by atomic mass is 10.3. The number of hydrogen-bond acceptors (Lipinski definition) is 3. The van der Waals surface area contributed by atoms with E-state index >= 15 is 0 Å². The molecular weight excluding hydrogens is 152 g/mol. The number of nitrogen functional groups attached to an aromatic ring is 1. The third kappa shape index (κ3) is 1.83. The van der Waals surface area contributed by atoms with E-state index in [1.54, 1.807) is 6.92 Å². The fourth-order valence-electron chi connectivity index (χ4n) is 0.728. The van der Waals surface area contributed by atoms with Gasteiger partial charge < -0.3 is 5.73 Å². The minimum atomic E-state index is -2.58. The van der Waals surface area contributed by atoms with Crippen molar-refractivity contribution in [2.45, 2.75) is 13.3 Å². The molecule has 0 aliphatic carbocycles. The van der Waals surface area contributed by atoms with Crippen LogP contribution in [-0.4, -0.2) is 9.97 Å². The van der Waals surface area contributed by atoms with Crippen molar-refractivity contribution in [2.24, 2.45) is 0 Å². The van der Waals surface area contributed by atoms with Crippen LogP contribution in [0.4, 0.5) is 14.7 Å². The molecule has 1 aromatic heterocycles. The number of halogens is 2. The van der Waals surface area contributed by atoms with Crippen LogP contribution in [0.3, 0.4) is 0 Å². The van der Waals surface area contributed by atoms with Crippen molar-refractivity contribution in [2.75, 3.05) is 5.73 Å². The lowest BCUT2D eigenvalue weighted by Gasteiger charge is -2.00. The van der Waals surface area contributed by atoms with Crippen molar-refractivity contribution in [1.29, 1.82) is 0 Å². The number of aromatic nitrogens is 2.